The number of likely N-dealkylation sites (tertiary alicyclic amines) is 1. The first-order valence-corrected chi connectivity index (χ1v) is 10.9. The van der Waals surface area contributed by atoms with Crippen LogP contribution in [0.1, 0.15) is 44.9 Å². The number of fused-ring (bicyclic) bond motifs is 3. The molecule has 5 fully saturated rings. The second kappa shape index (κ2) is 7.84. The van der Waals surface area contributed by atoms with E-state index >= 15 is 0 Å². The largest absolute Gasteiger partial charge is 0.340 e. The molecule has 5 aliphatic rings. The second-order valence-electron chi connectivity index (χ2n) is 9.53. The molecule has 160 valence electrons. The molecule has 2 saturated heterocycles. The molecule has 2 bridgehead atoms. The third kappa shape index (κ3) is 3.87. The Bertz CT molecular complexity index is 675. The zero-order valence-corrected chi connectivity index (χ0v) is 17.3. The van der Waals surface area contributed by atoms with Crippen molar-refractivity contribution in [3.05, 3.63) is 0 Å². The van der Waals surface area contributed by atoms with Crippen molar-refractivity contribution in [2.24, 2.45) is 5.41 Å². The molecule has 0 radical (unpaired) electrons. The lowest BCUT2D eigenvalue weighted by atomic mass is 9.56. The number of hydrogen-bond donors (Lipinski definition) is 1. The highest BCUT2D eigenvalue weighted by Gasteiger charge is 2.53. The van der Waals surface area contributed by atoms with Crippen LogP contribution < -0.4 is 5.32 Å². The van der Waals surface area contributed by atoms with Gasteiger partial charge in [0.25, 0.3) is 0 Å². The number of halogens is 1. The molecule has 0 aromatic rings. The summed E-state index contributed by atoms with van der Waals surface area (Å²) in [6.07, 6.45) is 4.31. The lowest BCUT2D eigenvalue weighted by molar-refractivity contribution is -0.151. The minimum Gasteiger partial charge on any atom is -0.340 e. The molecule has 2 aliphatic heterocycles. The van der Waals surface area contributed by atoms with Crippen molar-refractivity contribution in [2.45, 2.75) is 62.7 Å². The van der Waals surface area contributed by atoms with Gasteiger partial charge < -0.3 is 20.0 Å². The molecule has 29 heavy (non-hydrogen) atoms. The first-order chi connectivity index (χ1) is 13.9. The van der Waals surface area contributed by atoms with Crippen LogP contribution in [0.2, 0.25) is 0 Å². The summed E-state index contributed by atoms with van der Waals surface area (Å²) in [5.74, 6) is 0.139. The van der Waals surface area contributed by atoms with Crippen LogP contribution in [0.5, 0.6) is 0 Å². The summed E-state index contributed by atoms with van der Waals surface area (Å²) >= 11 is 0. The average molecular weight is 406 g/mol. The Hall–Kier alpha value is -1.72. The molecule has 7 nitrogen and oxygen atoms in total. The van der Waals surface area contributed by atoms with Gasteiger partial charge in [-0.05, 0) is 45.6 Å². The molecule has 0 spiro atoms. The summed E-state index contributed by atoms with van der Waals surface area (Å²) < 4.78 is 13.6. The number of rotatable bonds is 4. The maximum absolute atomic E-state index is 13.6. The summed E-state index contributed by atoms with van der Waals surface area (Å²) in [6.45, 7) is 3.68. The summed E-state index contributed by atoms with van der Waals surface area (Å²) in [4.78, 5) is 31.5. The zero-order valence-electron chi connectivity index (χ0n) is 17.3. The van der Waals surface area contributed by atoms with Gasteiger partial charge in [-0.2, -0.15) is 5.26 Å². The van der Waals surface area contributed by atoms with E-state index in [1.54, 1.807) is 0 Å². The number of nitrogens with one attached hydrogen (secondary N) is 1. The van der Waals surface area contributed by atoms with Crippen molar-refractivity contribution in [2.75, 3.05) is 46.3 Å². The first kappa shape index (κ1) is 20.5. The van der Waals surface area contributed by atoms with E-state index in [-0.39, 0.29) is 36.4 Å². The van der Waals surface area contributed by atoms with Gasteiger partial charge in [-0.3, -0.25) is 9.59 Å². The SMILES string of the molecule is CN1CCN(C(=O)C23CCC(NCC(=O)N4C[C@@H](F)C[C@H]4C#N)(CC2)CC3)CC1. The van der Waals surface area contributed by atoms with Crippen molar-refractivity contribution < 1.29 is 14.0 Å². The fraction of sp³-hybridized carbons (Fsp3) is 0.857. The normalized spacial score (nSPS) is 37.6. The number of hydrogen-bond acceptors (Lipinski definition) is 5. The van der Waals surface area contributed by atoms with Crippen LogP contribution in [0, 0.1) is 16.7 Å². The topological polar surface area (TPSA) is 79.7 Å². The number of piperazine rings is 1. The molecule has 8 heteroatoms. The van der Waals surface area contributed by atoms with E-state index < -0.39 is 12.2 Å². The van der Waals surface area contributed by atoms with Crippen LogP contribution >= 0.6 is 0 Å². The van der Waals surface area contributed by atoms with Gasteiger partial charge >= 0.3 is 0 Å². The lowest BCUT2D eigenvalue weighted by Crippen LogP contribution is -2.61. The number of likely N-dealkylation sites (N-methyl/N-ethyl adjacent to an activating group) is 1. The molecular weight excluding hydrogens is 373 g/mol. The number of nitriles is 1. The fourth-order valence-electron chi connectivity index (χ4n) is 5.66. The fourth-order valence-corrected chi connectivity index (χ4v) is 5.66. The molecule has 2 amide bonds. The Labute approximate surface area is 172 Å². The minimum atomic E-state index is -1.10. The number of alkyl halides is 1. The van der Waals surface area contributed by atoms with Gasteiger partial charge in [0.1, 0.15) is 12.2 Å². The Kier molecular flexibility index (Phi) is 5.56. The molecule has 0 aromatic carbocycles. The van der Waals surface area contributed by atoms with E-state index in [4.69, 9.17) is 5.26 Å². The van der Waals surface area contributed by atoms with Crippen LogP contribution in [0.4, 0.5) is 4.39 Å². The van der Waals surface area contributed by atoms with Gasteiger partial charge in [0.15, 0.2) is 0 Å². The smallest absolute Gasteiger partial charge is 0.237 e. The molecule has 2 heterocycles. The van der Waals surface area contributed by atoms with Crippen molar-refractivity contribution in [3.8, 4) is 6.07 Å². The van der Waals surface area contributed by atoms with E-state index in [2.05, 4.69) is 22.2 Å². The highest BCUT2D eigenvalue weighted by Crippen LogP contribution is 2.53. The molecule has 3 aliphatic carbocycles. The Balaban J connectivity index is 1.31. The number of carbonyl (C=O) groups is 2. The average Bonchev–Trinajstić information content (AvgIpc) is 3.14. The van der Waals surface area contributed by atoms with E-state index in [0.29, 0.717) is 5.91 Å². The summed E-state index contributed by atoms with van der Waals surface area (Å²) in [6, 6.07) is 1.39. The van der Waals surface area contributed by atoms with Crippen LogP contribution in [0.15, 0.2) is 0 Å². The third-order valence-corrected chi connectivity index (χ3v) is 7.82. The number of carbonyl (C=O) groups excluding carboxylic acids is 2. The predicted molar refractivity (Wildman–Crippen MR) is 106 cm³/mol. The van der Waals surface area contributed by atoms with E-state index in [0.717, 1.165) is 64.7 Å². The maximum atomic E-state index is 13.6. The quantitative estimate of drug-likeness (QED) is 0.752. The molecule has 3 saturated carbocycles. The highest BCUT2D eigenvalue weighted by atomic mass is 19.1. The molecule has 5 rings (SSSR count). The minimum absolute atomic E-state index is 0.0222. The molecule has 0 unspecified atom stereocenters. The Morgan fingerprint density at radius 3 is 2.31 bits per heavy atom. The second-order valence-corrected chi connectivity index (χ2v) is 9.53. The number of amides is 2. The predicted octanol–water partition coefficient (Wildman–Crippen LogP) is 0.906. The Morgan fingerprint density at radius 1 is 1.10 bits per heavy atom. The molecule has 2 atom stereocenters. The van der Waals surface area contributed by atoms with E-state index in [1.807, 2.05) is 6.07 Å². The van der Waals surface area contributed by atoms with Crippen LogP contribution in [-0.2, 0) is 9.59 Å². The van der Waals surface area contributed by atoms with Gasteiger partial charge in [0.05, 0.1) is 19.2 Å². The van der Waals surface area contributed by atoms with E-state index in [9.17, 15) is 14.0 Å². The van der Waals surface area contributed by atoms with Gasteiger partial charge in [-0.25, -0.2) is 4.39 Å². The van der Waals surface area contributed by atoms with Crippen LogP contribution in [0.25, 0.3) is 0 Å². The van der Waals surface area contributed by atoms with Gasteiger partial charge in [0.2, 0.25) is 11.8 Å². The maximum Gasteiger partial charge on any atom is 0.237 e. The third-order valence-electron chi connectivity index (χ3n) is 7.82. The highest BCUT2D eigenvalue weighted by molar-refractivity contribution is 5.83. The summed E-state index contributed by atoms with van der Waals surface area (Å²) in [5, 5.41) is 12.6. The standard InChI is InChI=1S/C21H32FN5O2/c1-25-8-10-26(11-9-25)19(29)20-2-5-21(6-3-20,7-4-20)24-14-18(28)27-15-16(22)12-17(27)13-23/h16-17,24H,2-12,14-15H2,1H3/t16-,17-,20?,21?/m0/s1. The first-order valence-electron chi connectivity index (χ1n) is 10.9. The Morgan fingerprint density at radius 2 is 1.72 bits per heavy atom. The molecule has 1 N–H and O–H groups in total. The summed E-state index contributed by atoms with van der Waals surface area (Å²) in [7, 11) is 2.09. The molecule has 0 aromatic heterocycles. The van der Waals surface area contributed by atoms with Crippen molar-refractivity contribution in [3.63, 3.8) is 0 Å². The van der Waals surface area contributed by atoms with Gasteiger partial charge in [-0.1, -0.05) is 0 Å². The zero-order chi connectivity index (χ0) is 20.6. The van der Waals surface area contributed by atoms with Crippen LogP contribution in [-0.4, -0.2) is 90.6 Å². The van der Waals surface area contributed by atoms with Crippen molar-refractivity contribution in [1.29, 1.82) is 5.26 Å². The van der Waals surface area contributed by atoms with Gasteiger partial charge in [-0.15, -0.1) is 0 Å². The van der Waals surface area contributed by atoms with Crippen molar-refractivity contribution >= 4 is 11.8 Å². The van der Waals surface area contributed by atoms with Crippen molar-refractivity contribution in [1.82, 2.24) is 20.0 Å². The molecular formula is C21H32FN5O2. The monoisotopic (exact) mass is 405 g/mol. The van der Waals surface area contributed by atoms with Gasteiger partial charge in [0, 0.05) is 43.6 Å². The van der Waals surface area contributed by atoms with Crippen LogP contribution in [0.3, 0.4) is 0 Å². The van der Waals surface area contributed by atoms with E-state index in [1.165, 1.54) is 4.90 Å². The lowest BCUT2D eigenvalue weighted by Gasteiger charge is -2.54. The summed E-state index contributed by atoms with van der Waals surface area (Å²) in [5.41, 5.74) is -0.317. The number of nitrogens with zero attached hydrogens (tertiary/aromatic N) is 4.